The van der Waals surface area contributed by atoms with Gasteiger partial charge < -0.3 is 10.6 Å². The van der Waals surface area contributed by atoms with Crippen molar-refractivity contribution in [3.63, 3.8) is 0 Å². The molecule has 0 radical (unpaired) electrons. The number of likely N-dealkylation sites (tertiary alicyclic amines) is 1. The molecule has 0 aromatic heterocycles. The molecule has 17 heavy (non-hydrogen) atoms. The van der Waals surface area contributed by atoms with E-state index in [9.17, 15) is 0 Å². The van der Waals surface area contributed by atoms with Crippen LogP contribution in [0.4, 0.5) is 0 Å². The Labute approximate surface area is 107 Å². The SMILES string of the molecule is CC1CCCN(CC2CCCC(C)(C)C2N)C1. The van der Waals surface area contributed by atoms with Gasteiger partial charge in [-0.25, -0.2) is 0 Å². The van der Waals surface area contributed by atoms with Crippen LogP contribution in [0.15, 0.2) is 0 Å². The van der Waals surface area contributed by atoms with Crippen molar-refractivity contribution in [1.29, 1.82) is 0 Å². The number of nitrogens with zero attached hydrogens (tertiary/aromatic N) is 1. The van der Waals surface area contributed by atoms with Crippen molar-refractivity contribution in [2.24, 2.45) is 23.0 Å². The molecule has 0 aromatic carbocycles. The molecule has 2 aliphatic rings. The van der Waals surface area contributed by atoms with Crippen molar-refractivity contribution in [2.45, 2.75) is 58.9 Å². The van der Waals surface area contributed by atoms with Crippen LogP contribution in [-0.4, -0.2) is 30.6 Å². The third-order valence-electron chi connectivity index (χ3n) is 5.04. The minimum atomic E-state index is 0.352. The Morgan fingerprint density at radius 3 is 2.71 bits per heavy atom. The summed E-state index contributed by atoms with van der Waals surface area (Å²) in [7, 11) is 0. The fourth-order valence-corrected chi connectivity index (χ4v) is 3.79. The van der Waals surface area contributed by atoms with Crippen molar-refractivity contribution >= 4 is 0 Å². The Morgan fingerprint density at radius 1 is 1.24 bits per heavy atom. The Morgan fingerprint density at radius 2 is 2.00 bits per heavy atom. The summed E-state index contributed by atoms with van der Waals surface area (Å²) in [5.41, 5.74) is 6.83. The lowest BCUT2D eigenvalue weighted by atomic mass is 9.68. The summed E-state index contributed by atoms with van der Waals surface area (Å²) in [5.74, 6) is 1.61. The molecular formula is C15H30N2. The largest absolute Gasteiger partial charge is 0.327 e. The van der Waals surface area contributed by atoms with Gasteiger partial charge in [0.2, 0.25) is 0 Å². The summed E-state index contributed by atoms with van der Waals surface area (Å²) in [5, 5.41) is 0. The summed E-state index contributed by atoms with van der Waals surface area (Å²) in [6.45, 7) is 10.9. The Bertz CT molecular complexity index is 249. The summed E-state index contributed by atoms with van der Waals surface area (Å²) in [6.07, 6.45) is 6.82. The molecule has 1 saturated carbocycles. The van der Waals surface area contributed by atoms with Crippen LogP contribution < -0.4 is 5.73 Å². The van der Waals surface area contributed by atoms with E-state index in [0.717, 1.165) is 11.8 Å². The Balaban J connectivity index is 1.89. The van der Waals surface area contributed by atoms with Gasteiger partial charge in [-0.05, 0) is 49.5 Å². The zero-order valence-corrected chi connectivity index (χ0v) is 11.9. The van der Waals surface area contributed by atoms with Crippen molar-refractivity contribution in [3.05, 3.63) is 0 Å². The molecule has 1 aliphatic carbocycles. The third-order valence-corrected chi connectivity index (χ3v) is 5.04. The molecule has 0 bridgehead atoms. The van der Waals surface area contributed by atoms with E-state index in [1.807, 2.05) is 0 Å². The van der Waals surface area contributed by atoms with Gasteiger partial charge in [0.15, 0.2) is 0 Å². The molecular weight excluding hydrogens is 208 g/mol. The van der Waals surface area contributed by atoms with Crippen LogP contribution in [0.1, 0.15) is 52.9 Å². The molecule has 0 amide bonds. The number of piperidine rings is 1. The zero-order chi connectivity index (χ0) is 12.5. The lowest BCUT2D eigenvalue weighted by Crippen LogP contribution is -2.51. The van der Waals surface area contributed by atoms with Crippen LogP contribution in [-0.2, 0) is 0 Å². The normalized spacial score (nSPS) is 39.2. The van der Waals surface area contributed by atoms with E-state index >= 15 is 0 Å². The van der Waals surface area contributed by atoms with Gasteiger partial charge in [-0.1, -0.05) is 27.2 Å². The highest BCUT2D eigenvalue weighted by Gasteiger charge is 2.37. The molecule has 2 N–H and O–H groups in total. The summed E-state index contributed by atoms with van der Waals surface area (Å²) in [6, 6.07) is 0.397. The van der Waals surface area contributed by atoms with Crippen molar-refractivity contribution < 1.29 is 0 Å². The predicted molar refractivity (Wildman–Crippen MR) is 73.9 cm³/mol. The zero-order valence-electron chi connectivity index (χ0n) is 11.9. The first-order valence-electron chi connectivity index (χ1n) is 7.47. The highest BCUT2D eigenvalue weighted by molar-refractivity contribution is 4.92. The molecule has 3 unspecified atom stereocenters. The molecule has 2 nitrogen and oxygen atoms in total. The van der Waals surface area contributed by atoms with E-state index in [1.54, 1.807) is 0 Å². The lowest BCUT2D eigenvalue weighted by molar-refractivity contribution is 0.0842. The van der Waals surface area contributed by atoms with Gasteiger partial charge in [-0.2, -0.15) is 0 Å². The second-order valence-electron chi connectivity index (χ2n) is 7.17. The fraction of sp³-hybridized carbons (Fsp3) is 1.00. The highest BCUT2D eigenvalue weighted by Crippen LogP contribution is 2.38. The molecule has 2 heteroatoms. The average molecular weight is 238 g/mol. The monoisotopic (exact) mass is 238 g/mol. The van der Waals surface area contributed by atoms with Crippen LogP contribution in [0.2, 0.25) is 0 Å². The topological polar surface area (TPSA) is 29.3 Å². The van der Waals surface area contributed by atoms with Crippen LogP contribution in [0.5, 0.6) is 0 Å². The van der Waals surface area contributed by atoms with E-state index < -0.39 is 0 Å². The maximum absolute atomic E-state index is 6.48. The van der Waals surface area contributed by atoms with Gasteiger partial charge in [0.25, 0.3) is 0 Å². The van der Waals surface area contributed by atoms with Crippen LogP contribution in [0.25, 0.3) is 0 Å². The van der Waals surface area contributed by atoms with Crippen LogP contribution in [0, 0.1) is 17.3 Å². The molecule has 1 aliphatic heterocycles. The van der Waals surface area contributed by atoms with E-state index in [0.29, 0.717) is 11.5 Å². The van der Waals surface area contributed by atoms with Gasteiger partial charge in [-0.15, -0.1) is 0 Å². The van der Waals surface area contributed by atoms with E-state index in [1.165, 1.54) is 51.7 Å². The minimum Gasteiger partial charge on any atom is -0.327 e. The van der Waals surface area contributed by atoms with E-state index in [4.69, 9.17) is 5.73 Å². The van der Waals surface area contributed by atoms with Gasteiger partial charge in [-0.3, -0.25) is 0 Å². The van der Waals surface area contributed by atoms with Crippen LogP contribution in [0.3, 0.4) is 0 Å². The number of nitrogens with two attached hydrogens (primary N) is 1. The molecule has 0 aromatic rings. The molecule has 0 spiro atoms. The van der Waals surface area contributed by atoms with Crippen molar-refractivity contribution in [1.82, 2.24) is 4.90 Å². The van der Waals surface area contributed by atoms with Gasteiger partial charge >= 0.3 is 0 Å². The number of hydrogen-bond acceptors (Lipinski definition) is 2. The maximum atomic E-state index is 6.48. The number of rotatable bonds is 2. The Hall–Kier alpha value is -0.0800. The second-order valence-corrected chi connectivity index (χ2v) is 7.17. The van der Waals surface area contributed by atoms with Gasteiger partial charge in [0.1, 0.15) is 0 Å². The summed E-state index contributed by atoms with van der Waals surface area (Å²) < 4.78 is 0. The maximum Gasteiger partial charge on any atom is 0.0131 e. The highest BCUT2D eigenvalue weighted by atomic mass is 15.1. The molecule has 3 atom stereocenters. The van der Waals surface area contributed by atoms with Gasteiger partial charge in [0, 0.05) is 19.1 Å². The molecule has 100 valence electrons. The number of hydrogen-bond donors (Lipinski definition) is 1. The summed E-state index contributed by atoms with van der Waals surface area (Å²) in [4.78, 5) is 2.67. The van der Waals surface area contributed by atoms with Crippen molar-refractivity contribution in [3.8, 4) is 0 Å². The molecule has 2 rings (SSSR count). The minimum absolute atomic E-state index is 0.352. The quantitative estimate of drug-likeness (QED) is 0.801. The first-order valence-corrected chi connectivity index (χ1v) is 7.47. The predicted octanol–water partition coefficient (Wildman–Crippen LogP) is 2.87. The van der Waals surface area contributed by atoms with Crippen molar-refractivity contribution in [2.75, 3.05) is 19.6 Å². The van der Waals surface area contributed by atoms with Gasteiger partial charge in [0.05, 0.1) is 0 Å². The summed E-state index contributed by atoms with van der Waals surface area (Å²) >= 11 is 0. The van der Waals surface area contributed by atoms with E-state index in [2.05, 4.69) is 25.7 Å². The first-order chi connectivity index (χ1) is 7.99. The average Bonchev–Trinajstić information content (AvgIpc) is 2.25. The Kier molecular flexibility index (Phi) is 4.14. The van der Waals surface area contributed by atoms with E-state index in [-0.39, 0.29) is 0 Å². The smallest absolute Gasteiger partial charge is 0.0131 e. The van der Waals surface area contributed by atoms with Crippen LogP contribution >= 0.6 is 0 Å². The molecule has 1 saturated heterocycles. The molecule has 1 heterocycles. The molecule has 2 fully saturated rings. The standard InChI is InChI=1S/C15H30N2/c1-12-6-5-9-17(10-12)11-13-7-4-8-15(2,3)14(13)16/h12-14H,4-11,16H2,1-3H3. The lowest BCUT2D eigenvalue weighted by Gasteiger charge is -2.44. The first kappa shape index (κ1) is 13.4. The second kappa shape index (κ2) is 5.27. The fourth-order valence-electron chi connectivity index (χ4n) is 3.79. The third kappa shape index (κ3) is 3.23.